The Morgan fingerprint density at radius 2 is 1.21 bits per heavy atom. The molecule has 0 aliphatic heterocycles. The van der Waals surface area contributed by atoms with E-state index in [1.807, 2.05) is 0 Å². The molecule has 0 radical (unpaired) electrons. The van der Waals surface area contributed by atoms with Crippen LogP contribution in [0.5, 0.6) is 0 Å². The van der Waals surface area contributed by atoms with Crippen molar-refractivity contribution in [2.45, 2.75) is 46.0 Å². The van der Waals surface area contributed by atoms with Crippen molar-refractivity contribution >= 4 is 11.9 Å². The van der Waals surface area contributed by atoms with Crippen molar-refractivity contribution in [1.82, 2.24) is 0 Å². The minimum absolute atomic E-state index is 0.190. The Hall–Kier alpha value is -1.84. The maximum absolute atomic E-state index is 10.5. The molecule has 1 rings (SSSR count). The second-order valence-corrected chi connectivity index (χ2v) is 4.22. The minimum Gasteiger partial charge on any atom is -0.478 e. The molecule has 0 unspecified atom stereocenters. The number of rotatable bonds is 6. The predicted molar refractivity (Wildman–Crippen MR) is 74.8 cm³/mol. The van der Waals surface area contributed by atoms with E-state index in [4.69, 9.17) is 10.2 Å². The largest absolute Gasteiger partial charge is 0.478 e. The van der Waals surface area contributed by atoms with Crippen LogP contribution in [0, 0.1) is 0 Å². The smallest absolute Gasteiger partial charge is 0.336 e. The molecule has 19 heavy (non-hydrogen) atoms. The molecule has 0 saturated carbocycles. The SMILES string of the molecule is CCCCCCC.O=C(O)c1ccccc1C(=O)O. The molecule has 2 N–H and O–H groups in total. The molecule has 106 valence electrons. The van der Waals surface area contributed by atoms with Crippen LogP contribution in [0.4, 0.5) is 0 Å². The van der Waals surface area contributed by atoms with E-state index in [1.165, 1.54) is 56.4 Å². The Bertz CT molecular complexity index is 362. The molecule has 0 aliphatic rings. The molecule has 0 bridgehead atoms. The quantitative estimate of drug-likeness (QED) is 0.761. The maximum Gasteiger partial charge on any atom is 0.336 e. The molecule has 4 heteroatoms. The number of carboxylic acid groups (broad SMARTS) is 2. The van der Waals surface area contributed by atoms with Gasteiger partial charge < -0.3 is 10.2 Å². The molecule has 0 aromatic heterocycles. The van der Waals surface area contributed by atoms with Crippen LogP contribution in [0.3, 0.4) is 0 Å². The van der Waals surface area contributed by atoms with E-state index in [9.17, 15) is 9.59 Å². The molecule has 0 fully saturated rings. The molecular weight excluding hydrogens is 244 g/mol. The standard InChI is InChI=1S/C8H6O4.C7H16/c9-7(10)5-3-1-2-4-6(5)8(11)12;1-3-5-7-6-4-2/h1-4H,(H,9,10)(H,11,12);3-7H2,1-2H3. The predicted octanol–water partition coefficient (Wildman–Crippen LogP) is 4.06. The van der Waals surface area contributed by atoms with Crippen molar-refractivity contribution in [2.24, 2.45) is 0 Å². The van der Waals surface area contributed by atoms with Gasteiger partial charge in [0.25, 0.3) is 0 Å². The van der Waals surface area contributed by atoms with E-state index in [1.54, 1.807) is 0 Å². The zero-order valence-electron chi connectivity index (χ0n) is 11.6. The zero-order chi connectivity index (χ0) is 14.7. The first-order chi connectivity index (χ1) is 9.04. The van der Waals surface area contributed by atoms with E-state index in [0.717, 1.165) is 0 Å². The van der Waals surface area contributed by atoms with Crippen LogP contribution in [0.15, 0.2) is 24.3 Å². The number of carbonyl (C=O) groups is 2. The first kappa shape index (κ1) is 17.2. The topological polar surface area (TPSA) is 74.6 Å². The van der Waals surface area contributed by atoms with Gasteiger partial charge in [-0.25, -0.2) is 9.59 Å². The van der Waals surface area contributed by atoms with Gasteiger partial charge in [-0.1, -0.05) is 58.1 Å². The number of carboxylic acids is 2. The minimum atomic E-state index is -1.23. The number of benzene rings is 1. The summed E-state index contributed by atoms with van der Waals surface area (Å²) in [6.45, 7) is 4.49. The third-order valence-electron chi connectivity index (χ3n) is 2.59. The Balaban J connectivity index is 0.000000399. The molecule has 0 amide bonds. The average Bonchev–Trinajstić information content (AvgIpc) is 2.40. The second-order valence-electron chi connectivity index (χ2n) is 4.22. The molecule has 0 saturated heterocycles. The van der Waals surface area contributed by atoms with Gasteiger partial charge >= 0.3 is 11.9 Å². The summed E-state index contributed by atoms with van der Waals surface area (Å²) >= 11 is 0. The van der Waals surface area contributed by atoms with Gasteiger partial charge in [0.1, 0.15) is 0 Å². The second kappa shape index (κ2) is 10.1. The van der Waals surface area contributed by atoms with Gasteiger partial charge in [0.15, 0.2) is 0 Å². The van der Waals surface area contributed by atoms with Crippen LogP contribution < -0.4 is 0 Å². The zero-order valence-corrected chi connectivity index (χ0v) is 11.6. The van der Waals surface area contributed by atoms with Gasteiger partial charge in [-0.2, -0.15) is 0 Å². The molecule has 0 atom stereocenters. The van der Waals surface area contributed by atoms with Crippen molar-refractivity contribution in [3.63, 3.8) is 0 Å². The highest BCUT2D eigenvalue weighted by Crippen LogP contribution is 2.07. The molecule has 0 aliphatic carbocycles. The number of hydrogen-bond donors (Lipinski definition) is 2. The Morgan fingerprint density at radius 3 is 1.47 bits per heavy atom. The number of hydrogen-bond acceptors (Lipinski definition) is 2. The Morgan fingerprint density at radius 1 is 0.842 bits per heavy atom. The van der Waals surface area contributed by atoms with Gasteiger partial charge in [0, 0.05) is 0 Å². The molecule has 1 aromatic rings. The first-order valence-corrected chi connectivity index (χ1v) is 6.60. The van der Waals surface area contributed by atoms with E-state index in [2.05, 4.69) is 13.8 Å². The molecule has 0 spiro atoms. The van der Waals surface area contributed by atoms with Crippen LogP contribution in [0.25, 0.3) is 0 Å². The summed E-state index contributed by atoms with van der Waals surface area (Å²) in [5.41, 5.74) is -0.380. The van der Waals surface area contributed by atoms with Crippen molar-refractivity contribution < 1.29 is 19.8 Å². The summed E-state index contributed by atoms with van der Waals surface area (Å²) in [6, 6.07) is 5.48. The van der Waals surface area contributed by atoms with Gasteiger partial charge in [0.2, 0.25) is 0 Å². The van der Waals surface area contributed by atoms with E-state index >= 15 is 0 Å². The van der Waals surface area contributed by atoms with Crippen molar-refractivity contribution in [2.75, 3.05) is 0 Å². The first-order valence-electron chi connectivity index (χ1n) is 6.60. The van der Waals surface area contributed by atoms with Crippen molar-refractivity contribution in [3.8, 4) is 0 Å². The highest BCUT2D eigenvalue weighted by atomic mass is 16.4. The van der Waals surface area contributed by atoms with Gasteiger partial charge in [-0.15, -0.1) is 0 Å². The highest BCUT2D eigenvalue weighted by molar-refractivity contribution is 6.01. The number of aromatic carboxylic acids is 2. The van der Waals surface area contributed by atoms with E-state index < -0.39 is 11.9 Å². The number of unbranched alkanes of at least 4 members (excludes halogenated alkanes) is 4. The summed E-state index contributed by atoms with van der Waals surface area (Å²) in [7, 11) is 0. The molecule has 0 heterocycles. The van der Waals surface area contributed by atoms with E-state index in [-0.39, 0.29) is 11.1 Å². The monoisotopic (exact) mass is 266 g/mol. The van der Waals surface area contributed by atoms with E-state index in [0.29, 0.717) is 0 Å². The normalized spacial score (nSPS) is 9.37. The van der Waals surface area contributed by atoms with Crippen molar-refractivity contribution in [1.29, 1.82) is 0 Å². The fourth-order valence-corrected chi connectivity index (χ4v) is 1.53. The van der Waals surface area contributed by atoms with Crippen LogP contribution in [0.2, 0.25) is 0 Å². The van der Waals surface area contributed by atoms with Gasteiger partial charge in [-0.3, -0.25) is 0 Å². The molecule has 1 aromatic carbocycles. The van der Waals surface area contributed by atoms with Crippen LogP contribution in [-0.2, 0) is 0 Å². The van der Waals surface area contributed by atoms with Crippen LogP contribution in [0.1, 0.15) is 66.7 Å². The lowest BCUT2D eigenvalue weighted by Crippen LogP contribution is -2.06. The summed E-state index contributed by atoms with van der Waals surface area (Å²) in [6.07, 6.45) is 7.01. The highest BCUT2D eigenvalue weighted by Gasteiger charge is 2.13. The lowest BCUT2D eigenvalue weighted by Gasteiger charge is -1.98. The van der Waals surface area contributed by atoms with Crippen molar-refractivity contribution in [3.05, 3.63) is 35.4 Å². The Labute approximate surface area is 114 Å². The molecule has 4 nitrogen and oxygen atoms in total. The van der Waals surface area contributed by atoms with Gasteiger partial charge in [0.05, 0.1) is 11.1 Å². The lowest BCUT2D eigenvalue weighted by molar-refractivity contribution is 0.0651. The van der Waals surface area contributed by atoms with Crippen LogP contribution in [-0.4, -0.2) is 22.2 Å². The Kier molecular flexibility index (Phi) is 9.14. The fourth-order valence-electron chi connectivity index (χ4n) is 1.53. The summed E-state index contributed by atoms with van der Waals surface area (Å²) in [5.74, 6) is -2.46. The maximum atomic E-state index is 10.5. The third-order valence-corrected chi connectivity index (χ3v) is 2.59. The summed E-state index contributed by atoms with van der Waals surface area (Å²) in [4.78, 5) is 20.9. The fraction of sp³-hybridized carbons (Fsp3) is 0.467. The average molecular weight is 266 g/mol. The van der Waals surface area contributed by atoms with Crippen LogP contribution >= 0.6 is 0 Å². The molecular formula is C15H22O4. The summed E-state index contributed by atoms with van der Waals surface area (Å²) < 4.78 is 0. The third kappa shape index (κ3) is 7.24. The lowest BCUT2D eigenvalue weighted by atomic mass is 10.1. The van der Waals surface area contributed by atoms with Gasteiger partial charge in [-0.05, 0) is 12.1 Å². The summed E-state index contributed by atoms with van der Waals surface area (Å²) in [5, 5.41) is 17.1.